The monoisotopic (exact) mass is 192 g/mol. The molecular weight excluding hydrogens is 176 g/mol. The Labute approximate surface area is 78.0 Å². The highest BCUT2D eigenvalue weighted by Crippen LogP contribution is 2.09. The van der Waals surface area contributed by atoms with Crippen LogP contribution in [0.4, 0.5) is 0 Å². The van der Waals surface area contributed by atoms with Gasteiger partial charge in [-0.05, 0) is 20.8 Å². The van der Waals surface area contributed by atoms with Crippen molar-refractivity contribution < 1.29 is 13.7 Å². The van der Waals surface area contributed by atoms with Crippen LogP contribution in [-0.4, -0.2) is 23.9 Å². The topological polar surface area (TPSA) is 35.5 Å². The number of hydrogen-bond donors (Lipinski definition) is 0. The number of rotatable bonds is 4. The van der Waals surface area contributed by atoms with Gasteiger partial charge in [0.05, 0.1) is 30.0 Å². The van der Waals surface area contributed by atoms with Crippen LogP contribution in [0.25, 0.3) is 0 Å². The molecule has 0 N–H and O–H groups in total. The smallest absolute Gasteiger partial charge is 0.314 e. The van der Waals surface area contributed by atoms with Gasteiger partial charge >= 0.3 is 5.97 Å². The van der Waals surface area contributed by atoms with Crippen LogP contribution < -0.4 is 0 Å². The second kappa shape index (κ2) is 5.43. The summed E-state index contributed by atoms with van der Waals surface area (Å²) >= 11 is 1.13. The van der Waals surface area contributed by atoms with Crippen molar-refractivity contribution in [3.63, 3.8) is 0 Å². The summed E-state index contributed by atoms with van der Waals surface area (Å²) in [7, 11) is 0. The molecule has 0 saturated carbocycles. The normalized spacial score (nSPS) is 11.3. The Morgan fingerprint density at radius 2 is 2.00 bits per heavy atom. The van der Waals surface area contributed by atoms with Crippen molar-refractivity contribution in [2.24, 2.45) is 0 Å². The Balaban J connectivity index is 3.17. The molecule has 0 aliphatic rings. The van der Waals surface area contributed by atoms with Crippen molar-refractivity contribution in [1.29, 1.82) is 0 Å². The zero-order chi connectivity index (χ0) is 9.61. The maximum absolute atomic E-state index is 10.3. The molecule has 0 fully saturated rings. The van der Waals surface area contributed by atoms with E-state index in [1.54, 1.807) is 0 Å². The standard InChI is InChI=1S/C8H16O3S/c1-7(9)11-12-6-5-10-8(2,3)4/h5-6H2,1-4H3. The minimum atomic E-state index is -0.268. The molecule has 0 spiro atoms. The molecule has 12 heavy (non-hydrogen) atoms. The summed E-state index contributed by atoms with van der Waals surface area (Å²) in [5.41, 5.74) is -0.114. The van der Waals surface area contributed by atoms with Crippen molar-refractivity contribution >= 4 is 18.0 Å². The zero-order valence-corrected chi connectivity index (χ0v) is 8.86. The van der Waals surface area contributed by atoms with E-state index >= 15 is 0 Å². The summed E-state index contributed by atoms with van der Waals surface area (Å²) in [4.78, 5) is 10.3. The van der Waals surface area contributed by atoms with Gasteiger partial charge < -0.3 is 8.92 Å². The third-order valence-electron chi connectivity index (χ3n) is 0.878. The third kappa shape index (κ3) is 9.78. The van der Waals surface area contributed by atoms with E-state index in [0.717, 1.165) is 12.0 Å². The first kappa shape index (κ1) is 11.8. The summed E-state index contributed by atoms with van der Waals surface area (Å²) in [6.07, 6.45) is 0. The quantitative estimate of drug-likeness (QED) is 0.504. The molecule has 0 bridgehead atoms. The van der Waals surface area contributed by atoms with E-state index in [0.29, 0.717) is 12.4 Å². The zero-order valence-electron chi connectivity index (χ0n) is 8.05. The van der Waals surface area contributed by atoms with E-state index in [-0.39, 0.29) is 11.6 Å². The van der Waals surface area contributed by atoms with Gasteiger partial charge in [0, 0.05) is 6.92 Å². The van der Waals surface area contributed by atoms with Gasteiger partial charge in [0.2, 0.25) is 0 Å². The lowest BCUT2D eigenvalue weighted by atomic mass is 10.2. The van der Waals surface area contributed by atoms with Crippen LogP contribution in [0.1, 0.15) is 27.7 Å². The molecule has 0 saturated heterocycles. The molecule has 0 unspecified atom stereocenters. The van der Waals surface area contributed by atoms with Crippen molar-refractivity contribution in [2.45, 2.75) is 33.3 Å². The second-order valence-electron chi connectivity index (χ2n) is 3.36. The molecule has 0 radical (unpaired) electrons. The highest BCUT2D eigenvalue weighted by Gasteiger charge is 2.09. The van der Waals surface area contributed by atoms with Gasteiger partial charge in [-0.3, -0.25) is 4.79 Å². The van der Waals surface area contributed by atoms with Gasteiger partial charge in [0.1, 0.15) is 0 Å². The van der Waals surface area contributed by atoms with Crippen LogP contribution in [0.3, 0.4) is 0 Å². The van der Waals surface area contributed by atoms with E-state index in [2.05, 4.69) is 4.18 Å². The molecule has 0 atom stereocenters. The van der Waals surface area contributed by atoms with Crippen molar-refractivity contribution in [3.05, 3.63) is 0 Å². The van der Waals surface area contributed by atoms with Gasteiger partial charge in [0.15, 0.2) is 0 Å². The van der Waals surface area contributed by atoms with Crippen molar-refractivity contribution in [2.75, 3.05) is 12.4 Å². The first-order valence-electron chi connectivity index (χ1n) is 3.86. The van der Waals surface area contributed by atoms with Crippen LogP contribution in [0.2, 0.25) is 0 Å². The number of carbonyl (C=O) groups excluding carboxylic acids is 1. The molecule has 0 aromatic heterocycles. The Hall–Kier alpha value is -0.220. The highest BCUT2D eigenvalue weighted by molar-refractivity contribution is 7.95. The molecule has 0 aromatic carbocycles. The first-order chi connectivity index (χ1) is 5.42. The lowest BCUT2D eigenvalue weighted by molar-refractivity contribution is -0.130. The van der Waals surface area contributed by atoms with E-state index in [9.17, 15) is 4.79 Å². The molecule has 0 aliphatic carbocycles. The Morgan fingerprint density at radius 1 is 1.42 bits per heavy atom. The van der Waals surface area contributed by atoms with Gasteiger partial charge in [-0.2, -0.15) is 0 Å². The highest BCUT2D eigenvalue weighted by atomic mass is 32.2. The van der Waals surface area contributed by atoms with E-state index in [4.69, 9.17) is 4.74 Å². The van der Waals surface area contributed by atoms with Crippen molar-refractivity contribution in [3.8, 4) is 0 Å². The van der Waals surface area contributed by atoms with Crippen LogP contribution in [0.5, 0.6) is 0 Å². The Morgan fingerprint density at radius 3 is 2.42 bits per heavy atom. The molecule has 4 heteroatoms. The largest absolute Gasteiger partial charge is 0.391 e. The summed E-state index contributed by atoms with van der Waals surface area (Å²) in [5, 5.41) is 0. The van der Waals surface area contributed by atoms with Crippen LogP contribution >= 0.6 is 12.0 Å². The first-order valence-corrected chi connectivity index (χ1v) is 4.77. The fourth-order valence-corrected chi connectivity index (χ4v) is 0.907. The summed E-state index contributed by atoms with van der Waals surface area (Å²) < 4.78 is 10.1. The van der Waals surface area contributed by atoms with E-state index < -0.39 is 0 Å². The summed E-state index contributed by atoms with van der Waals surface area (Å²) in [5.74, 6) is 0.410. The number of carbonyl (C=O) groups is 1. The van der Waals surface area contributed by atoms with Crippen LogP contribution in [-0.2, 0) is 13.7 Å². The maximum Gasteiger partial charge on any atom is 0.314 e. The van der Waals surface area contributed by atoms with E-state index in [1.165, 1.54) is 6.92 Å². The lowest BCUT2D eigenvalue weighted by Crippen LogP contribution is -2.20. The number of ether oxygens (including phenoxy) is 1. The molecule has 0 rings (SSSR count). The average molecular weight is 192 g/mol. The minimum Gasteiger partial charge on any atom is -0.391 e. The van der Waals surface area contributed by atoms with Crippen LogP contribution in [0, 0.1) is 0 Å². The second-order valence-corrected chi connectivity index (χ2v) is 4.17. The third-order valence-corrected chi connectivity index (χ3v) is 1.56. The lowest BCUT2D eigenvalue weighted by Gasteiger charge is -2.18. The average Bonchev–Trinajstić information content (AvgIpc) is 1.83. The Bertz CT molecular complexity index is 140. The number of hydrogen-bond acceptors (Lipinski definition) is 4. The fraction of sp³-hybridized carbons (Fsp3) is 0.875. The molecule has 0 aromatic rings. The van der Waals surface area contributed by atoms with Gasteiger partial charge in [-0.15, -0.1) is 0 Å². The SMILES string of the molecule is CC(=O)OSCCOC(C)(C)C. The predicted octanol–water partition coefficient (Wildman–Crippen LogP) is 2.01. The maximum atomic E-state index is 10.3. The fourth-order valence-electron chi connectivity index (χ4n) is 0.507. The minimum absolute atomic E-state index is 0.114. The Kier molecular flexibility index (Phi) is 5.33. The van der Waals surface area contributed by atoms with Gasteiger partial charge in [0.25, 0.3) is 0 Å². The van der Waals surface area contributed by atoms with E-state index in [1.807, 2.05) is 20.8 Å². The molecular formula is C8H16O3S. The van der Waals surface area contributed by atoms with Gasteiger partial charge in [-0.25, -0.2) is 0 Å². The molecule has 0 heterocycles. The predicted molar refractivity (Wildman–Crippen MR) is 49.9 cm³/mol. The molecule has 0 aliphatic heterocycles. The molecule has 0 amide bonds. The summed E-state index contributed by atoms with van der Waals surface area (Å²) in [6.45, 7) is 7.95. The summed E-state index contributed by atoms with van der Waals surface area (Å²) in [6, 6.07) is 0. The van der Waals surface area contributed by atoms with Crippen LogP contribution in [0.15, 0.2) is 0 Å². The van der Waals surface area contributed by atoms with Gasteiger partial charge in [-0.1, -0.05) is 0 Å². The van der Waals surface area contributed by atoms with Crippen molar-refractivity contribution in [1.82, 2.24) is 0 Å². The molecule has 72 valence electrons. The molecule has 3 nitrogen and oxygen atoms in total.